The van der Waals surface area contributed by atoms with Gasteiger partial charge in [-0.1, -0.05) is 12.1 Å². The van der Waals surface area contributed by atoms with Crippen molar-refractivity contribution in [1.29, 1.82) is 0 Å². The van der Waals surface area contributed by atoms with Gasteiger partial charge in [-0.25, -0.2) is 9.69 Å². The second-order valence-electron chi connectivity index (χ2n) is 6.00. The molecule has 2 saturated heterocycles. The minimum absolute atomic E-state index is 0.204. The molecule has 1 unspecified atom stereocenters. The molecule has 2 aliphatic rings. The quantitative estimate of drug-likeness (QED) is 0.841. The van der Waals surface area contributed by atoms with Crippen LogP contribution in [0.3, 0.4) is 0 Å². The molecule has 8 nitrogen and oxygen atoms in total. The number of para-hydroxylation sites is 1. The van der Waals surface area contributed by atoms with Crippen molar-refractivity contribution in [2.75, 3.05) is 26.8 Å². The molecule has 0 saturated carbocycles. The Balaban J connectivity index is 1.54. The number of cyclic esters (lactones) is 1. The predicted molar refractivity (Wildman–Crippen MR) is 85.3 cm³/mol. The third kappa shape index (κ3) is 2.50. The van der Waals surface area contributed by atoms with E-state index in [9.17, 15) is 14.4 Å². The van der Waals surface area contributed by atoms with Crippen molar-refractivity contribution in [2.24, 2.45) is 0 Å². The lowest BCUT2D eigenvalue weighted by molar-refractivity contribution is -0.127. The van der Waals surface area contributed by atoms with Crippen molar-refractivity contribution in [3.63, 3.8) is 0 Å². The van der Waals surface area contributed by atoms with Gasteiger partial charge >= 0.3 is 6.09 Å². The first-order chi connectivity index (χ1) is 12.1. The molecule has 25 heavy (non-hydrogen) atoms. The van der Waals surface area contributed by atoms with E-state index in [1.54, 1.807) is 17.0 Å². The molecule has 4 rings (SSSR count). The lowest BCUT2D eigenvalue weighted by atomic mass is 10.2. The van der Waals surface area contributed by atoms with Gasteiger partial charge in [0, 0.05) is 18.5 Å². The first-order valence-corrected chi connectivity index (χ1v) is 7.93. The minimum atomic E-state index is -0.641. The monoisotopic (exact) mass is 344 g/mol. The molecule has 8 heteroatoms. The number of methoxy groups -OCH3 is 1. The second-order valence-corrected chi connectivity index (χ2v) is 6.00. The molecule has 2 aromatic rings. The number of hydrogen-bond acceptors (Lipinski definition) is 6. The molecule has 130 valence electrons. The number of carbonyl (C=O) groups is 3. The number of rotatable bonds is 3. The summed E-state index contributed by atoms with van der Waals surface area (Å²) in [5, 5.41) is 0.775. The standard InChI is InChI=1S/C17H16N2O6/c1-23-12-4-2-3-10-7-13(25-15(10)12)16(21)18-6-5-11(8-18)19-14(20)9-24-17(19)22/h2-4,7,11H,5-6,8-9H2,1H3. The van der Waals surface area contributed by atoms with Crippen molar-refractivity contribution < 1.29 is 28.3 Å². The van der Waals surface area contributed by atoms with E-state index in [1.807, 2.05) is 12.1 Å². The van der Waals surface area contributed by atoms with Crippen LogP contribution in [-0.2, 0) is 9.53 Å². The fourth-order valence-corrected chi connectivity index (χ4v) is 3.31. The Morgan fingerprint density at radius 1 is 1.32 bits per heavy atom. The maximum absolute atomic E-state index is 12.7. The van der Waals surface area contributed by atoms with Gasteiger partial charge in [0.1, 0.15) is 0 Å². The summed E-state index contributed by atoms with van der Waals surface area (Å²) in [5.41, 5.74) is 0.516. The molecule has 1 atom stereocenters. The normalized spacial score (nSPS) is 20.4. The van der Waals surface area contributed by atoms with Crippen LogP contribution in [0.25, 0.3) is 11.0 Å². The highest BCUT2D eigenvalue weighted by atomic mass is 16.6. The zero-order valence-corrected chi connectivity index (χ0v) is 13.6. The molecular weight excluding hydrogens is 328 g/mol. The van der Waals surface area contributed by atoms with Gasteiger partial charge in [-0.2, -0.15) is 0 Å². The summed E-state index contributed by atoms with van der Waals surface area (Å²) in [5.74, 6) is 0.121. The summed E-state index contributed by atoms with van der Waals surface area (Å²) >= 11 is 0. The number of ether oxygens (including phenoxy) is 2. The highest BCUT2D eigenvalue weighted by Gasteiger charge is 2.41. The summed E-state index contributed by atoms with van der Waals surface area (Å²) in [7, 11) is 1.54. The molecule has 1 aromatic carbocycles. The third-order valence-corrected chi connectivity index (χ3v) is 4.54. The molecule has 0 aliphatic carbocycles. The number of hydrogen-bond donors (Lipinski definition) is 0. The summed E-state index contributed by atoms with van der Waals surface area (Å²) in [6.07, 6.45) is -0.117. The Kier molecular flexibility index (Phi) is 3.60. The van der Waals surface area contributed by atoms with Crippen LogP contribution in [-0.4, -0.2) is 60.6 Å². The average Bonchev–Trinajstić information content (AvgIpc) is 3.32. The predicted octanol–water partition coefficient (Wildman–Crippen LogP) is 1.63. The highest BCUT2D eigenvalue weighted by Crippen LogP contribution is 2.30. The lowest BCUT2D eigenvalue weighted by Crippen LogP contribution is -2.41. The summed E-state index contributed by atoms with van der Waals surface area (Å²) in [6.45, 7) is 0.481. The van der Waals surface area contributed by atoms with Crippen LogP contribution in [0, 0.1) is 0 Å². The lowest BCUT2D eigenvalue weighted by Gasteiger charge is -2.19. The van der Waals surface area contributed by atoms with Crippen LogP contribution >= 0.6 is 0 Å². The fraction of sp³-hybridized carbons (Fsp3) is 0.353. The van der Waals surface area contributed by atoms with Gasteiger partial charge < -0.3 is 18.8 Å². The molecule has 3 heterocycles. The van der Waals surface area contributed by atoms with Crippen molar-refractivity contribution >= 4 is 28.9 Å². The molecular formula is C17H16N2O6. The number of amides is 3. The van der Waals surface area contributed by atoms with E-state index < -0.39 is 6.09 Å². The molecule has 0 spiro atoms. The van der Waals surface area contributed by atoms with E-state index >= 15 is 0 Å². The average molecular weight is 344 g/mol. The Labute approximate surface area is 142 Å². The van der Waals surface area contributed by atoms with Gasteiger partial charge in [0.25, 0.3) is 11.8 Å². The molecule has 0 bridgehead atoms. The summed E-state index contributed by atoms with van der Waals surface area (Å²) < 4.78 is 15.7. The zero-order valence-electron chi connectivity index (χ0n) is 13.6. The van der Waals surface area contributed by atoms with Gasteiger partial charge in [-0.3, -0.25) is 9.59 Å². The molecule has 0 N–H and O–H groups in total. The molecule has 1 aromatic heterocycles. The minimum Gasteiger partial charge on any atom is -0.493 e. The maximum Gasteiger partial charge on any atom is 0.417 e. The Morgan fingerprint density at radius 2 is 2.16 bits per heavy atom. The number of likely N-dealkylation sites (tertiary alicyclic amines) is 1. The Morgan fingerprint density at radius 3 is 2.88 bits per heavy atom. The number of fused-ring (bicyclic) bond motifs is 1. The number of carbonyl (C=O) groups excluding carboxylic acids is 3. The summed E-state index contributed by atoms with van der Waals surface area (Å²) in [4.78, 5) is 38.8. The molecule has 0 radical (unpaired) electrons. The fourth-order valence-electron chi connectivity index (χ4n) is 3.31. The number of benzene rings is 1. The van der Waals surface area contributed by atoms with Crippen LogP contribution in [0.1, 0.15) is 17.0 Å². The molecule has 2 fully saturated rings. The van der Waals surface area contributed by atoms with Crippen LogP contribution in [0.2, 0.25) is 0 Å². The molecule has 3 amide bonds. The zero-order chi connectivity index (χ0) is 17.6. The topological polar surface area (TPSA) is 89.3 Å². The molecule has 2 aliphatic heterocycles. The van der Waals surface area contributed by atoms with Gasteiger partial charge in [0.05, 0.1) is 13.2 Å². The van der Waals surface area contributed by atoms with Gasteiger partial charge in [-0.05, 0) is 18.6 Å². The number of imide groups is 1. The van der Waals surface area contributed by atoms with E-state index in [-0.39, 0.29) is 36.8 Å². The largest absolute Gasteiger partial charge is 0.493 e. The number of furan rings is 1. The Hall–Kier alpha value is -3.03. The SMILES string of the molecule is COc1cccc2cc(C(=O)N3CCC(N4C(=O)COC4=O)C3)oc12. The van der Waals surface area contributed by atoms with Crippen molar-refractivity contribution in [1.82, 2.24) is 9.80 Å². The second kappa shape index (κ2) is 5.80. The van der Waals surface area contributed by atoms with Crippen LogP contribution in [0.5, 0.6) is 5.75 Å². The highest BCUT2D eigenvalue weighted by molar-refractivity contribution is 5.99. The smallest absolute Gasteiger partial charge is 0.417 e. The third-order valence-electron chi connectivity index (χ3n) is 4.54. The first kappa shape index (κ1) is 15.5. The van der Waals surface area contributed by atoms with E-state index in [0.29, 0.717) is 24.3 Å². The van der Waals surface area contributed by atoms with E-state index in [4.69, 9.17) is 13.9 Å². The van der Waals surface area contributed by atoms with E-state index in [2.05, 4.69) is 0 Å². The van der Waals surface area contributed by atoms with Gasteiger partial charge in [-0.15, -0.1) is 0 Å². The Bertz CT molecular complexity index is 857. The van der Waals surface area contributed by atoms with E-state index in [1.165, 1.54) is 7.11 Å². The number of nitrogens with zero attached hydrogens (tertiary/aromatic N) is 2. The van der Waals surface area contributed by atoms with Crippen LogP contribution < -0.4 is 4.74 Å². The van der Waals surface area contributed by atoms with Gasteiger partial charge in [0.15, 0.2) is 23.7 Å². The van der Waals surface area contributed by atoms with E-state index in [0.717, 1.165) is 10.3 Å². The first-order valence-electron chi connectivity index (χ1n) is 7.93. The summed E-state index contributed by atoms with van der Waals surface area (Å²) in [6, 6.07) is 6.73. The van der Waals surface area contributed by atoms with Crippen LogP contribution in [0.4, 0.5) is 4.79 Å². The van der Waals surface area contributed by atoms with Crippen LogP contribution in [0.15, 0.2) is 28.7 Å². The van der Waals surface area contributed by atoms with Gasteiger partial charge in [0.2, 0.25) is 0 Å². The van der Waals surface area contributed by atoms with Crippen molar-refractivity contribution in [3.05, 3.63) is 30.0 Å². The van der Waals surface area contributed by atoms with Crippen molar-refractivity contribution in [2.45, 2.75) is 12.5 Å². The maximum atomic E-state index is 12.7. The van der Waals surface area contributed by atoms with Crippen molar-refractivity contribution in [3.8, 4) is 5.75 Å².